The van der Waals surface area contributed by atoms with Gasteiger partial charge in [-0.2, -0.15) is 0 Å². The van der Waals surface area contributed by atoms with Gasteiger partial charge in [0.2, 0.25) is 0 Å². The first-order chi connectivity index (χ1) is 28.5. The minimum absolute atomic E-state index is 0.156. The van der Waals surface area contributed by atoms with Gasteiger partial charge in [0.05, 0.1) is 11.4 Å². The van der Waals surface area contributed by atoms with Crippen molar-refractivity contribution in [3.8, 4) is 22.3 Å². The molecule has 3 nitrogen and oxygen atoms in total. The van der Waals surface area contributed by atoms with Gasteiger partial charge < -0.3 is 13.7 Å². The molecule has 11 rings (SSSR count). The number of anilines is 3. The third kappa shape index (κ3) is 5.13. The van der Waals surface area contributed by atoms with E-state index < -0.39 is 0 Å². The van der Waals surface area contributed by atoms with Gasteiger partial charge in [-0.15, -0.1) is 0 Å². The molecule has 1 aliphatic rings. The van der Waals surface area contributed by atoms with Crippen molar-refractivity contribution in [2.75, 3.05) is 4.90 Å². The van der Waals surface area contributed by atoms with Crippen LogP contribution in [0.15, 0.2) is 203 Å². The molecule has 1 aliphatic carbocycles. The highest BCUT2D eigenvalue weighted by molar-refractivity contribution is 6.17. The Bertz CT molecular complexity index is 3250. The summed E-state index contributed by atoms with van der Waals surface area (Å²) in [6, 6.07) is 62.8. The molecule has 0 aliphatic heterocycles. The van der Waals surface area contributed by atoms with Crippen LogP contribution in [0.25, 0.3) is 71.5 Å². The second-order valence-electron chi connectivity index (χ2n) is 15.7. The summed E-state index contributed by atoms with van der Waals surface area (Å²) in [5.74, 6) is 0.808. The van der Waals surface area contributed by atoms with Crippen LogP contribution in [0.4, 0.5) is 17.1 Å². The van der Waals surface area contributed by atoms with E-state index in [-0.39, 0.29) is 5.41 Å². The molecule has 2 heterocycles. The molecule has 276 valence electrons. The van der Waals surface area contributed by atoms with Crippen LogP contribution in [0.1, 0.15) is 36.3 Å². The molecule has 58 heavy (non-hydrogen) atoms. The number of fused-ring (bicyclic) bond motifs is 9. The maximum absolute atomic E-state index is 6.93. The number of hydrogen-bond donors (Lipinski definition) is 0. The number of benzene rings is 8. The van der Waals surface area contributed by atoms with Gasteiger partial charge in [0.1, 0.15) is 22.5 Å². The highest BCUT2D eigenvalue weighted by Gasteiger charge is 2.38. The Morgan fingerprint density at radius 2 is 1.19 bits per heavy atom. The SMILES string of the molecule is C=C/C=C(/c1ccc(N(c2ccccc2-c2cccc3c2oc2c4ccccc4ccc32)c2cccc3c2-c2ccccc2C3(C)C)cc1)c1cc2ccccc2o1. The summed E-state index contributed by atoms with van der Waals surface area (Å²) < 4.78 is 13.3. The molecule has 0 fully saturated rings. The predicted molar refractivity (Wildman–Crippen MR) is 242 cm³/mol. The minimum atomic E-state index is -0.156. The first-order valence-corrected chi connectivity index (χ1v) is 19.9. The largest absolute Gasteiger partial charge is 0.456 e. The van der Waals surface area contributed by atoms with Crippen molar-refractivity contribution in [1.82, 2.24) is 0 Å². The maximum atomic E-state index is 6.93. The number of hydrogen-bond acceptors (Lipinski definition) is 3. The Labute approximate surface area is 337 Å². The zero-order valence-electron chi connectivity index (χ0n) is 32.4. The molecule has 0 unspecified atom stereocenters. The lowest BCUT2D eigenvalue weighted by Crippen LogP contribution is -2.16. The van der Waals surface area contributed by atoms with Crippen molar-refractivity contribution in [3.05, 3.63) is 217 Å². The first kappa shape index (κ1) is 33.9. The van der Waals surface area contributed by atoms with E-state index in [1.54, 1.807) is 0 Å². The van der Waals surface area contributed by atoms with Gasteiger partial charge in [-0.25, -0.2) is 0 Å². The standard InChI is InChI=1S/C55H39NO2/c1-4-15-39(51-34-37-17-6-12-27-50(37)57-51)36-28-31-38(32-29-36)56(49-26-14-24-47-52(49)45-20-8-10-23-46(45)55(47,2)3)48-25-11-9-19-41(48)42-21-13-22-43-44-33-30-35-16-5-7-18-40(35)53(44)58-54(42)43/h4-34H,1H2,2-3H3/b39-15-. The van der Waals surface area contributed by atoms with Crippen LogP contribution in [0.5, 0.6) is 0 Å². The molecule has 8 aromatic carbocycles. The van der Waals surface area contributed by atoms with E-state index in [4.69, 9.17) is 8.83 Å². The summed E-state index contributed by atoms with van der Waals surface area (Å²) in [4.78, 5) is 2.44. The summed E-state index contributed by atoms with van der Waals surface area (Å²) in [6.07, 6.45) is 3.85. The summed E-state index contributed by atoms with van der Waals surface area (Å²) in [5, 5.41) is 5.57. The van der Waals surface area contributed by atoms with E-state index in [2.05, 4.69) is 183 Å². The molecule has 0 radical (unpaired) electrons. The summed E-state index contributed by atoms with van der Waals surface area (Å²) in [5.41, 5.74) is 15.0. The van der Waals surface area contributed by atoms with Crippen LogP contribution in [0, 0.1) is 0 Å². The van der Waals surface area contributed by atoms with Crippen LogP contribution >= 0.6 is 0 Å². The number of para-hydroxylation sites is 3. The van der Waals surface area contributed by atoms with Crippen LogP contribution < -0.4 is 4.90 Å². The van der Waals surface area contributed by atoms with Crippen LogP contribution in [0.3, 0.4) is 0 Å². The van der Waals surface area contributed by atoms with E-state index in [0.29, 0.717) is 0 Å². The van der Waals surface area contributed by atoms with Gasteiger partial charge in [0.25, 0.3) is 0 Å². The lowest BCUT2D eigenvalue weighted by atomic mass is 9.82. The van der Waals surface area contributed by atoms with Crippen LogP contribution in [-0.2, 0) is 5.41 Å². The number of furan rings is 2. The van der Waals surface area contributed by atoms with E-state index in [0.717, 1.165) is 88.8 Å². The van der Waals surface area contributed by atoms with Crippen molar-refractivity contribution < 1.29 is 8.83 Å². The Kier molecular flexibility index (Phi) is 7.67. The first-order valence-electron chi connectivity index (χ1n) is 19.9. The van der Waals surface area contributed by atoms with Gasteiger partial charge in [-0.3, -0.25) is 0 Å². The quantitative estimate of drug-likeness (QED) is 0.152. The van der Waals surface area contributed by atoms with Crippen molar-refractivity contribution >= 4 is 66.3 Å². The summed E-state index contributed by atoms with van der Waals surface area (Å²) >= 11 is 0. The van der Waals surface area contributed by atoms with E-state index >= 15 is 0 Å². The van der Waals surface area contributed by atoms with Crippen LogP contribution in [0.2, 0.25) is 0 Å². The topological polar surface area (TPSA) is 29.5 Å². The molecule has 0 spiro atoms. The molecule has 10 aromatic rings. The van der Waals surface area contributed by atoms with Gasteiger partial charge in [0.15, 0.2) is 0 Å². The van der Waals surface area contributed by atoms with E-state index in [1.807, 2.05) is 30.4 Å². The highest BCUT2D eigenvalue weighted by Crippen LogP contribution is 2.55. The average molecular weight is 746 g/mol. The fourth-order valence-corrected chi connectivity index (χ4v) is 9.31. The lowest BCUT2D eigenvalue weighted by molar-refractivity contribution is 0.600. The summed E-state index contributed by atoms with van der Waals surface area (Å²) in [6.45, 7) is 8.73. The molecular weight excluding hydrogens is 707 g/mol. The van der Waals surface area contributed by atoms with Crippen molar-refractivity contribution in [1.29, 1.82) is 0 Å². The average Bonchev–Trinajstić information content (AvgIpc) is 3.94. The molecular formula is C55H39NO2. The Morgan fingerprint density at radius 1 is 0.534 bits per heavy atom. The smallest absolute Gasteiger partial charge is 0.143 e. The Morgan fingerprint density at radius 3 is 2.03 bits per heavy atom. The second kappa shape index (κ2) is 13.1. The van der Waals surface area contributed by atoms with Gasteiger partial charge >= 0.3 is 0 Å². The van der Waals surface area contributed by atoms with Gasteiger partial charge in [-0.05, 0) is 70.1 Å². The van der Waals surface area contributed by atoms with E-state index in [9.17, 15) is 0 Å². The molecule has 2 aromatic heterocycles. The lowest BCUT2D eigenvalue weighted by Gasteiger charge is -2.30. The fraction of sp³-hybridized carbons (Fsp3) is 0.0545. The van der Waals surface area contributed by atoms with Crippen molar-refractivity contribution in [2.45, 2.75) is 19.3 Å². The van der Waals surface area contributed by atoms with Crippen molar-refractivity contribution in [3.63, 3.8) is 0 Å². The molecule has 0 saturated carbocycles. The van der Waals surface area contributed by atoms with Crippen molar-refractivity contribution in [2.24, 2.45) is 0 Å². The number of nitrogens with zero attached hydrogens (tertiary/aromatic N) is 1. The minimum Gasteiger partial charge on any atom is -0.456 e. The van der Waals surface area contributed by atoms with Gasteiger partial charge in [0, 0.05) is 54.9 Å². The number of rotatable bonds is 7. The molecule has 3 heteroatoms. The Balaban J connectivity index is 1.14. The van der Waals surface area contributed by atoms with E-state index in [1.165, 1.54) is 22.3 Å². The highest BCUT2D eigenvalue weighted by atomic mass is 16.3. The fourth-order valence-electron chi connectivity index (χ4n) is 9.31. The third-order valence-electron chi connectivity index (χ3n) is 12.1. The number of allylic oxidation sites excluding steroid dienone is 2. The zero-order chi connectivity index (χ0) is 39.0. The normalized spacial score (nSPS) is 13.3. The molecule has 0 bridgehead atoms. The van der Waals surface area contributed by atoms with Crippen LogP contribution in [-0.4, -0.2) is 0 Å². The molecule has 0 amide bonds. The predicted octanol–water partition coefficient (Wildman–Crippen LogP) is 15.5. The second-order valence-corrected chi connectivity index (χ2v) is 15.7. The molecule has 0 N–H and O–H groups in total. The Hall–Kier alpha value is -7.36. The van der Waals surface area contributed by atoms with Gasteiger partial charge in [-0.1, -0.05) is 166 Å². The third-order valence-corrected chi connectivity index (χ3v) is 12.1. The molecule has 0 atom stereocenters. The zero-order valence-corrected chi connectivity index (χ0v) is 32.4. The summed E-state index contributed by atoms with van der Waals surface area (Å²) in [7, 11) is 0. The maximum Gasteiger partial charge on any atom is 0.143 e. The molecule has 0 saturated heterocycles. The monoisotopic (exact) mass is 745 g/mol.